The Balaban J connectivity index is 3.75. The maximum Gasteiger partial charge on any atom is 0.268 e. The maximum absolute atomic E-state index is 11.1. The van der Waals surface area contributed by atoms with Crippen molar-refractivity contribution in [1.29, 1.82) is 0 Å². The van der Waals surface area contributed by atoms with Gasteiger partial charge in [0.15, 0.2) is 0 Å². The van der Waals surface area contributed by atoms with Gasteiger partial charge in [0, 0.05) is 20.6 Å². The number of nitrogens with zero attached hydrogens (tertiary/aromatic N) is 1. The van der Waals surface area contributed by atoms with Crippen LogP contribution in [-0.4, -0.2) is 31.4 Å². The molecule has 0 saturated heterocycles. The minimum Gasteiger partial charge on any atom is -0.381 e. The van der Waals surface area contributed by atoms with Gasteiger partial charge in [0.1, 0.15) is 0 Å². The van der Waals surface area contributed by atoms with Crippen molar-refractivity contribution < 1.29 is 4.79 Å². The molecule has 0 aromatic carbocycles. The third-order valence-corrected chi connectivity index (χ3v) is 1.25. The van der Waals surface area contributed by atoms with Gasteiger partial charge in [0.2, 0.25) is 0 Å². The Kier molecular flexibility index (Phi) is 4.34. The first kappa shape index (κ1) is 10.0. The van der Waals surface area contributed by atoms with Crippen LogP contribution in [0.4, 0.5) is 0 Å². The lowest BCUT2D eigenvalue weighted by Crippen LogP contribution is -2.30. The van der Waals surface area contributed by atoms with E-state index in [1.54, 1.807) is 14.1 Å². The van der Waals surface area contributed by atoms with E-state index >= 15 is 0 Å². The fraction of sp³-hybridized carbons (Fsp3) is 0.625. The first-order valence-electron chi connectivity index (χ1n) is 3.74. The van der Waals surface area contributed by atoms with E-state index in [4.69, 9.17) is 0 Å². The first-order chi connectivity index (χ1) is 5.09. The summed E-state index contributed by atoms with van der Waals surface area (Å²) in [5.41, 5.74) is 0.469. The van der Waals surface area contributed by atoms with Crippen molar-refractivity contribution in [3.05, 3.63) is 12.3 Å². The Bertz CT molecular complexity index is 152. The van der Waals surface area contributed by atoms with Crippen molar-refractivity contribution in [2.75, 3.05) is 20.6 Å². The summed E-state index contributed by atoms with van der Waals surface area (Å²) in [6, 6.07) is 0. The number of carbonyl (C=O) groups is 1. The fourth-order valence-electron chi connectivity index (χ4n) is 0.621. The van der Waals surface area contributed by atoms with Crippen LogP contribution in [-0.2, 0) is 4.79 Å². The van der Waals surface area contributed by atoms with Gasteiger partial charge < -0.3 is 10.2 Å². The van der Waals surface area contributed by atoms with Crippen LogP contribution in [0.25, 0.3) is 0 Å². The fourth-order valence-corrected chi connectivity index (χ4v) is 0.621. The van der Waals surface area contributed by atoms with Crippen molar-refractivity contribution >= 4 is 5.91 Å². The van der Waals surface area contributed by atoms with E-state index in [1.165, 1.54) is 4.90 Å². The highest BCUT2D eigenvalue weighted by Gasteiger charge is 2.06. The molecule has 0 heterocycles. The second kappa shape index (κ2) is 4.77. The summed E-state index contributed by atoms with van der Waals surface area (Å²) in [4.78, 5) is 12.6. The second-order valence-corrected chi connectivity index (χ2v) is 2.60. The predicted molar refractivity (Wildman–Crippen MR) is 46.1 cm³/mol. The lowest BCUT2D eigenvalue weighted by molar-refractivity contribution is -0.125. The van der Waals surface area contributed by atoms with E-state index in [0.717, 1.165) is 13.0 Å². The van der Waals surface area contributed by atoms with E-state index in [1.807, 2.05) is 6.92 Å². The molecule has 0 aliphatic rings. The lowest BCUT2D eigenvalue weighted by Gasteiger charge is -2.13. The van der Waals surface area contributed by atoms with Gasteiger partial charge in [0.05, 0.1) is 5.70 Å². The summed E-state index contributed by atoms with van der Waals surface area (Å²) < 4.78 is 0. The lowest BCUT2D eigenvalue weighted by atomic mass is 10.4. The second-order valence-electron chi connectivity index (χ2n) is 2.60. The highest BCUT2D eigenvalue weighted by atomic mass is 16.2. The van der Waals surface area contributed by atoms with Gasteiger partial charge in [-0.3, -0.25) is 4.79 Å². The van der Waals surface area contributed by atoms with E-state index in [2.05, 4.69) is 11.9 Å². The smallest absolute Gasteiger partial charge is 0.268 e. The van der Waals surface area contributed by atoms with Gasteiger partial charge in [-0.15, -0.1) is 0 Å². The summed E-state index contributed by atoms with van der Waals surface area (Å²) in [7, 11) is 3.42. The van der Waals surface area contributed by atoms with Crippen LogP contribution >= 0.6 is 0 Å². The summed E-state index contributed by atoms with van der Waals surface area (Å²) in [6.45, 7) is 6.46. The molecule has 0 saturated carbocycles. The van der Waals surface area contributed by atoms with Crippen LogP contribution in [0.2, 0.25) is 0 Å². The third kappa shape index (κ3) is 3.65. The van der Waals surface area contributed by atoms with E-state index in [0.29, 0.717) is 5.70 Å². The van der Waals surface area contributed by atoms with Crippen LogP contribution < -0.4 is 5.32 Å². The summed E-state index contributed by atoms with van der Waals surface area (Å²) >= 11 is 0. The van der Waals surface area contributed by atoms with Crippen LogP contribution in [0.1, 0.15) is 13.3 Å². The molecule has 0 rings (SSSR count). The van der Waals surface area contributed by atoms with Gasteiger partial charge >= 0.3 is 0 Å². The molecule has 0 aliphatic carbocycles. The molecule has 64 valence electrons. The molecule has 1 amide bonds. The number of hydrogen-bond acceptors (Lipinski definition) is 2. The number of likely N-dealkylation sites (N-methyl/N-ethyl adjacent to an activating group) is 1. The van der Waals surface area contributed by atoms with E-state index < -0.39 is 0 Å². The highest BCUT2D eigenvalue weighted by molar-refractivity contribution is 5.91. The molecule has 0 aromatic heterocycles. The normalized spacial score (nSPS) is 9.00. The maximum atomic E-state index is 11.1. The quantitative estimate of drug-likeness (QED) is 0.604. The zero-order chi connectivity index (χ0) is 8.85. The average Bonchev–Trinajstić information content (AvgIpc) is 1.98. The molecule has 0 atom stereocenters. The van der Waals surface area contributed by atoms with Gasteiger partial charge in [0.25, 0.3) is 5.91 Å². The summed E-state index contributed by atoms with van der Waals surface area (Å²) in [5, 5.41) is 2.93. The molecule has 1 N–H and O–H groups in total. The van der Waals surface area contributed by atoms with Crippen molar-refractivity contribution in [3.8, 4) is 0 Å². The molecule has 0 spiro atoms. The van der Waals surface area contributed by atoms with Gasteiger partial charge in [-0.1, -0.05) is 13.5 Å². The number of rotatable bonds is 4. The zero-order valence-corrected chi connectivity index (χ0v) is 7.48. The molecule has 0 aliphatic heterocycles. The standard InChI is InChI=1S/C8H16N2O/c1-5-6-9-7(2)8(11)10(3)4/h9H,2,5-6H2,1,3-4H3. The number of carbonyl (C=O) groups excluding carboxylic acids is 1. The Morgan fingerprint density at radius 1 is 1.55 bits per heavy atom. The predicted octanol–water partition coefficient (Wildman–Crippen LogP) is 0.588. The number of hydrogen-bond donors (Lipinski definition) is 1. The van der Waals surface area contributed by atoms with Gasteiger partial charge in [-0.2, -0.15) is 0 Å². The Labute approximate surface area is 68.1 Å². The van der Waals surface area contributed by atoms with Crippen LogP contribution in [0.15, 0.2) is 12.3 Å². The van der Waals surface area contributed by atoms with Gasteiger partial charge in [-0.05, 0) is 6.42 Å². The Morgan fingerprint density at radius 2 is 2.09 bits per heavy atom. The molecule has 3 nitrogen and oxygen atoms in total. The molecule has 0 fully saturated rings. The van der Waals surface area contributed by atoms with E-state index in [9.17, 15) is 4.79 Å². The van der Waals surface area contributed by atoms with Crippen LogP contribution in [0.5, 0.6) is 0 Å². The minimum absolute atomic E-state index is 0.0570. The van der Waals surface area contributed by atoms with Crippen molar-refractivity contribution in [1.82, 2.24) is 10.2 Å². The molecule has 0 aromatic rings. The van der Waals surface area contributed by atoms with Crippen molar-refractivity contribution in [2.24, 2.45) is 0 Å². The first-order valence-corrected chi connectivity index (χ1v) is 3.74. The zero-order valence-electron chi connectivity index (χ0n) is 7.48. The van der Waals surface area contributed by atoms with Gasteiger partial charge in [-0.25, -0.2) is 0 Å². The molecular weight excluding hydrogens is 140 g/mol. The van der Waals surface area contributed by atoms with Crippen molar-refractivity contribution in [2.45, 2.75) is 13.3 Å². The van der Waals surface area contributed by atoms with E-state index in [-0.39, 0.29) is 5.91 Å². The largest absolute Gasteiger partial charge is 0.381 e. The summed E-state index contributed by atoms with van der Waals surface area (Å²) in [6.07, 6.45) is 1.000. The highest BCUT2D eigenvalue weighted by Crippen LogP contribution is 1.90. The monoisotopic (exact) mass is 156 g/mol. The molecular formula is C8H16N2O. The topological polar surface area (TPSA) is 32.3 Å². The third-order valence-electron chi connectivity index (χ3n) is 1.25. The average molecular weight is 156 g/mol. The minimum atomic E-state index is -0.0570. The van der Waals surface area contributed by atoms with Crippen molar-refractivity contribution in [3.63, 3.8) is 0 Å². The summed E-state index contributed by atoms with van der Waals surface area (Å²) in [5.74, 6) is -0.0570. The van der Waals surface area contributed by atoms with Crippen LogP contribution in [0, 0.1) is 0 Å². The molecule has 0 radical (unpaired) electrons. The number of nitrogens with one attached hydrogen (secondary N) is 1. The Morgan fingerprint density at radius 3 is 2.45 bits per heavy atom. The van der Waals surface area contributed by atoms with Crippen LogP contribution in [0.3, 0.4) is 0 Å². The molecule has 0 bridgehead atoms. The molecule has 0 unspecified atom stereocenters. The number of amides is 1. The SMILES string of the molecule is C=C(NCCC)C(=O)N(C)C. The molecule has 3 heteroatoms. The Hall–Kier alpha value is -0.990. The molecule has 11 heavy (non-hydrogen) atoms.